The molecule has 0 aliphatic rings. The summed E-state index contributed by atoms with van der Waals surface area (Å²) in [7, 11) is 1.70. The number of pyridine rings is 1. The molecule has 0 aliphatic carbocycles. The zero-order chi connectivity index (χ0) is 13.0. The van der Waals surface area contributed by atoms with Crippen molar-refractivity contribution in [3.05, 3.63) is 30.0 Å². The minimum Gasteiger partial charge on any atom is -0.401 e. The summed E-state index contributed by atoms with van der Waals surface area (Å²) in [5, 5.41) is 6.94. The molecule has 2 rings (SSSR count). The largest absolute Gasteiger partial charge is 0.401 e. The average molecular weight is 251 g/mol. The van der Waals surface area contributed by atoms with Crippen molar-refractivity contribution in [3.8, 4) is 11.9 Å². The number of aryl methyl sites for hydroxylation is 1. The lowest BCUT2D eigenvalue weighted by Gasteiger charge is -2.06. The lowest BCUT2D eigenvalue weighted by molar-refractivity contribution is 0.388. The molecule has 18 heavy (non-hydrogen) atoms. The van der Waals surface area contributed by atoms with Crippen LogP contribution >= 0.6 is 0 Å². The van der Waals surface area contributed by atoms with Crippen LogP contribution in [-0.2, 0) is 13.6 Å². The van der Waals surface area contributed by atoms with E-state index in [-0.39, 0.29) is 11.9 Å². The van der Waals surface area contributed by atoms with Crippen LogP contribution in [-0.4, -0.2) is 26.3 Å². The summed E-state index contributed by atoms with van der Waals surface area (Å²) < 4.78 is 20.7. The van der Waals surface area contributed by atoms with Gasteiger partial charge < -0.3 is 10.1 Å². The first-order valence-electron chi connectivity index (χ1n) is 5.58. The van der Waals surface area contributed by atoms with Gasteiger partial charge >= 0.3 is 6.01 Å². The molecule has 0 saturated carbocycles. The molecule has 7 heteroatoms. The fourth-order valence-corrected chi connectivity index (χ4v) is 1.38. The Kier molecular flexibility index (Phi) is 3.83. The number of nitrogens with zero attached hydrogens (tertiary/aromatic N) is 4. The maximum Gasteiger partial charge on any atom is 0.342 e. The standard InChI is InChI=1S/C11H14FN5O/c1-3-13-6-8-4-5-14-10(9(8)12)18-11-15-7-17(2)16-11/h4-5,7,13H,3,6H2,1-2H3. The van der Waals surface area contributed by atoms with Gasteiger partial charge in [-0.05, 0) is 12.6 Å². The second-order valence-corrected chi connectivity index (χ2v) is 3.67. The first-order chi connectivity index (χ1) is 8.70. The van der Waals surface area contributed by atoms with Gasteiger partial charge in [-0.2, -0.15) is 4.98 Å². The molecule has 96 valence electrons. The Morgan fingerprint density at radius 2 is 2.28 bits per heavy atom. The number of rotatable bonds is 5. The Labute approximate surface area is 104 Å². The molecule has 0 amide bonds. The molecule has 0 radical (unpaired) electrons. The second-order valence-electron chi connectivity index (χ2n) is 3.67. The zero-order valence-corrected chi connectivity index (χ0v) is 10.2. The fraction of sp³-hybridized carbons (Fsp3) is 0.364. The molecule has 2 heterocycles. The van der Waals surface area contributed by atoms with Gasteiger partial charge in [-0.3, -0.25) is 4.68 Å². The predicted molar refractivity (Wildman–Crippen MR) is 62.7 cm³/mol. The fourth-order valence-electron chi connectivity index (χ4n) is 1.38. The number of ether oxygens (including phenoxy) is 1. The van der Waals surface area contributed by atoms with Crippen molar-refractivity contribution in [1.29, 1.82) is 0 Å². The summed E-state index contributed by atoms with van der Waals surface area (Å²) in [6.07, 6.45) is 2.96. The molecule has 0 unspecified atom stereocenters. The third kappa shape index (κ3) is 2.80. The normalized spacial score (nSPS) is 10.6. The first-order valence-corrected chi connectivity index (χ1v) is 5.58. The van der Waals surface area contributed by atoms with Gasteiger partial charge in [-0.1, -0.05) is 6.92 Å². The maximum absolute atomic E-state index is 14.0. The summed E-state index contributed by atoms with van der Waals surface area (Å²) in [6.45, 7) is 3.14. The van der Waals surface area contributed by atoms with Crippen LogP contribution in [0.1, 0.15) is 12.5 Å². The quantitative estimate of drug-likeness (QED) is 0.866. The van der Waals surface area contributed by atoms with Gasteiger partial charge in [0.15, 0.2) is 5.82 Å². The van der Waals surface area contributed by atoms with Crippen LogP contribution in [0.2, 0.25) is 0 Å². The highest BCUT2D eigenvalue weighted by Crippen LogP contribution is 2.21. The Morgan fingerprint density at radius 3 is 2.94 bits per heavy atom. The third-order valence-electron chi connectivity index (χ3n) is 2.27. The van der Waals surface area contributed by atoms with Crippen LogP contribution in [0.5, 0.6) is 11.9 Å². The lowest BCUT2D eigenvalue weighted by atomic mass is 10.2. The topological polar surface area (TPSA) is 64.9 Å². The van der Waals surface area contributed by atoms with Gasteiger partial charge in [0.1, 0.15) is 6.33 Å². The summed E-state index contributed by atoms with van der Waals surface area (Å²) in [5.41, 5.74) is 0.498. The van der Waals surface area contributed by atoms with Crippen molar-refractivity contribution in [2.24, 2.45) is 7.05 Å². The molecule has 0 fully saturated rings. The maximum atomic E-state index is 14.0. The van der Waals surface area contributed by atoms with Gasteiger partial charge in [0.25, 0.3) is 5.88 Å². The minimum atomic E-state index is -0.495. The summed E-state index contributed by atoms with van der Waals surface area (Å²) >= 11 is 0. The van der Waals surface area contributed by atoms with Crippen LogP contribution in [0, 0.1) is 5.82 Å². The van der Waals surface area contributed by atoms with E-state index in [2.05, 4.69) is 20.4 Å². The molecule has 2 aromatic heterocycles. The van der Waals surface area contributed by atoms with Crippen molar-refractivity contribution >= 4 is 0 Å². The van der Waals surface area contributed by atoms with Crippen molar-refractivity contribution in [2.45, 2.75) is 13.5 Å². The zero-order valence-electron chi connectivity index (χ0n) is 10.2. The summed E-state index contributed by atoms with van der Waals surface area (Å²) in [4.78, 5) is 7.69. The second kappa shape index (κ2) is 5.54. The Balaban J connectivity index is 2.17. The predicted octanol–water partition coefficient (Wildman–Crippen LogP) is 1.25. The summed E-state index contributed by atoms with van der Waals surface area (Å²) in [6, 6.07) is 1.68. The van der Waals surface area contributed by atoms with E-state index in [0.29, 0.717) is 12.1 Å². The molecule has 2 aromatic rings. The van der Waals surface area contributed by atoms with Crippen LogP contribution in [0.25, 0.3) is 0 Å². The Hall–Kier alpha value is -2.02. The van der Waals surface area contributed by atoms with Crippen molar-refractivity contribution < 1.29 is 9.13 Å². The molecule has 6 nitrogen and oxygen atoms in total. The van der Waals surface area contributed by atoms with Crippen LogP contribution in [0.4, 0.5) is 4.39 Å². The van der Waals surface area contributed by atoms with Crippen molar-refractivity contribution in [3.63, 3.8) is 0 Å². The molecule has 1 N–H and O–H groups in total. The highest BCUT2D eigenvalue weighted by Gasteiger charge is 2.13. The highest BCUT2D eigenvalue weighted by molar-refractivity contribution is 5.25. The van der Waals surface area contributed by atoms with Crippen LogP contribution < -0.4 is 10.1 Å². The van der Waals surface area contributed by atoms with Gasteiger partial charge in [0, 0.05) is 25.4 Å². The molecule has 0 atom stereocenters. The minimum absolute atomic E-state index is 0.0736. The molecule has 0 bridgehead atoms. The smallest absolute Gasteiger partial charge is 0.342 e. The molecule has 0 saturated heterocycles. The SMILES string of the molecule is CCNCc1ccnc(Oc2ncn(C)n2)c1F. The van der Waals surface area contributed by atoms with E-state index in [0.717, 1.165) is 6.54 Å². The van der Waals surface area contributed by atoms with E-state index >= 15 is 0 Å². The number of hydrogen-bond donors (Lipinski definition) is 1. The monoisotopic (exact) mass is 251 g/mol. The first kappa shape index (κ1) is 12.4. The number of hydrogen-bond acceptors (Lipinski definition) is 5. The summed E-state index contributed by atoms with van der Waals surface area (Å²) in [5.74, 6) is -0.609. The van der Waals surface area contributed by atoms with Crippen molar-refractivity contribution in [2.75, 3.05) is 6.54 Å². The van der Waals surface area contributed by atoms with E-state index in [1.807, 2.05) is 6.92 Å². The molecule has 0 aromatic carbocycles. The lowest BCUT2D eigenvalue weighted by Crippen LogP contribution is -2.13. The number of nitrogens with one attached hydrogen (secondary N) is 1. The van der Waals surface area contributed by atoms with E-state index in [1.54, 1.807) is 13.1 Å². The van der Waals surface area contributed by atoms with Gasteiger partial charge in [0.05, 0.1) is 0 Å². The van der Waals surface area contributed by atoms with E-state index in [9.17, 15) is 4.39 Å². The van der Waals surface area contributed by atoms with E-state index in [4.69, 9.17) is 4.74 Å². The van der Waals surface area contributed by atoms with Gasteiger partial charge in [-0.25, -0.2) is 9.37 Å². The number of aromatic nitrogens is 4. The van der Waals surface area contributed by atoms with E-state index in [1.165, 1.54) is 17.2 Å². The molecule has 0 aliphatic heterocycles. The van der Waals surface area contributed by atoms with Crippen LogP contribution in [0.3, 0.4) is 0 Å². The molecule has 0 spiro atoms. The third-order valence-corrected chi connectivity index (χ3v) is 2.27. The molecular formula is C11H14FN5O. The number of halogens is 1. The van der Waals surface area contributed by atoms with Gasteiger partial charge in [-0.15, -0.1) is 5.10 Å². The average Bonchev–Trinajstić information content (AvgIpc) is 2.76. The Bertz CT molecular complexity index is 528. The van der Waals surface area contributed by atoms with E-state index < -0.39 is 5.82 Å². The van der Waals surface area contributed by atoms with Crippen LogP contribution in [0.15, 0.2) is 18.6 Å². The van der Waals surface area contributed by atoms with Gasteiger partial charge in [0.2, 0.25) is 0 Å². The Morgan fingerprint density at radius 1 is 1.44 bits per heavy atom. The van der Waals surface area contributed by atoms with Crippen molar-refractivity contribution in [1.82, 2.24) is 25.1 Å². The highest BCUT2D eigenvalue weighted by atomic mass is 19.1. The molecular weight excluding hydrogens is 237 g/mol.